The van der Waals surface area contributed by atoms with Gasteiger partial charge in [-0.2, -0.15) is 0 Å². The lowest BCUT2D eigenvalue weighted by Gasteiger charge is -2.25. The molecule has 1 N–H and O–H groups in total. The monoisotopic (exact) mass is 468 g/mol. The summed E-state index contributed by atoms with van der Waals surface area (Å²) < 4.78 is 5.78. The van der Waals surface area contributed by atoms with Crippen molar-refractivity contribution in [1.29, 1.82) is 0 Å². The molecule has 3 aromatic heterocycles. The number of hydrogen-bond acceptors (Lipinski definition) is 8. The summed E-state index contributed by atoms with van der Waals surface area (Å²) in [6.45, 7) is 1.05. The van der Waals surface area contributed by atoms with E-state index in [0.717, 1.165) is 42.9 Å². The van der Waals surface area contributed by atoms with Crippen LogP contribution in [0.1, 0.15) is 47.1 Å². The summed E-state index contributed by atoms with van der Waals surface area (Å²) in [6.07, 6.45) is 8.73. The van der Waals surface area contributed by atoms with Gasteiger partial charge in [-0.1, -0.05) is 29.5 Å². The third-order valence-electron chi connectivity index (χ3n) is 7.76. The van der Waals surface area contributed by atoms with Gasteiger partial charge in [-0.15, -0.1) is 15.3 Å². The Morgan fingerprint density at radius 3 is 2.60 bits per heavy atom. The van der Waals surface area contributed by atoms with Crippen LogP contribution in [0.2, 0.25) is 0 Å². The van der Waals surface area contributed by atoms with E-state index in [2.05, 4.69) is 49.9 Å². The number of nitrogens with one attached hydrogen (secondary N) is 1. The lowest BCUT2D eigenvalue weighted by Crippen LogP contribution is -2.37. The van der Waals surface area contributed by atoms with E-state index in [9.17, 15) is 4.79 Å². The fourth-order valence-electron chi connectivity index (χ4n) is 5.59. The molecule has 1 aliphatic heterocycles. The molecule has 0 atom stereocenters. The summed E-state index contributed by atoms with van der Waals surface area (Å²) in [5.74, 6) is 1.99. The average molecular weight is 469 g/mol. The van der Waals surface area contributed by atoms with Crippen molar-refractivity contribution >= 4 is 5.91 Å². The molecule has 2 aliphatic carbocycles. The number of nitrogens with zero attached hydrogens (tertiary/aromatic N) is 7. The van der Waals surface area contributed by atoms with Crippen molar-refractivity contribution in [3.63, 3.8) is 0 Å². The van der Waals surface area contributed by atoms with Crippen molar-refractivity contribution in [2.75, 3.05) is 6.54 Å². The summed E-state index contributed by atoms with van der Waals surface area (Å²) in [7, 11) is 0. The molecule has 1 amide bonds. The van der Waals surface area contributed by atoms with Crippen LogP contribution in [0.25, 0.3) is 11.5 Å². The summed E-state index contributed by atoms with van der Waals surface area (Å²) >= 11 is 0. The van der Waals surface area contributed by atoms with Crippen LogP contribution in [0.15, 0.2) is 41.1 Å². The Hall–Kier alpha value is -3.95. The normalized spacial score (nSPS) is 18.3. The first-order valence-electron chi connectivity index (χ1n) is 12.1. The SMILES string of the molecule is O=C(Cc1nnc(-c2cnc(C3(C4Cc5ccccc5C4)CC3)nc2)o1)N1CCc2[nH]nnc2C1. The Kier molecular flexibility index (Phi) is 4.55. The van der Waals surface area contributed by atoms with E-state index in [1.807, 2.05) is 0 Å². The highest BCUT2D eigenvalue weighted by Gasteiger charge is 2.54. The van der Waals surface area contributed by atoms with Crippen molar-refractivity contribution in [2.24, 2.45) is 5.92 Å². The Morgan fingerprint density at radius 1 is 1.09 bits per heavy atom. The van der Waals surface area contributed by atoms with Crippen molar-refractivity contribution in [1.82, 2.24) is 40.5 Å². The molecule has 10 nitrogen and oxygen atoms in total. The summed E-state index contributed by atoms with van der Waals surface area (Å²) in [6, 6.07) is 8.73. The molecule has 176 valence electrons. The molecule has 3 aliphatic rings. The van der Waals surface area contributed by atoms with Crippen LogP contribution >= 0.6 is 0 Å². The molecule has 4 heterocycles. The highest BCUT2D eigenvalue weighted by molar-refractivity contribution is 5.78. The first-order valence-corrected chi connectivity index (χ1v) is 12.1. The quantitative estimate of drug-likeness (QED) is 0.472. The van der Waals surface area contributed by atoms with Gasteiger partial charge in [0, 0.05) is 30.8 Å². The van der Waals surface area contributed by atoms with Gasteiger partial charge in [0.15, 0.2) is 0 Å². The molecule has 1 saturated carbocycles. The number of aromatic amines is 1. The van der Waals surface area contributed by atoms with Crippen LogP contribution in [-0.2, 0) is 42.4 Å². The molecule has 35 heavy (non-hydrogen) atoms. The number of benzene rings is 1. The molecular weight excluding hydrogens is 444 g/mol. The second-order valence-electron chi connectivity index (χ2n) is 9.81. The summed E-state index contributed by atoms with van der Waals surface area (Å²) in [4.78, 5) is 23.9. The van der Waals surface area contributed by atoms with Gasteiger partial charge in [-0.3, -0.25) is 9.89 Å². The Bertz CT molecular complexity index is 1380. The zero-order chi connectivity index (χ0) is 23.4. The van der Waals surface area contributed by atoms with Crippen molar-refractivity contribution in [2.45, 2.75) is 50.5 Å². The fourth-order valence-corrected chi connectivity index (χ4v) is 5.59. The smallest absolute Gasteiger partial charge is 0.250 e. The number of amides is 1. The molecule has 0 spiro atoms. The van der Waals surface area contributed by atoms with Gasteiger partial charge < -0.3 is 9.32 Å². The molecule has 4 aromatic rings. The number of H-pyrrole nitrogens is 1. The van der Waals surface area contributed by atoms with Crippen molar-refractivity contribution < 1.29 is 9.21 Å². The van der Waals surface area contributed by atoms with E-state index in [1.54, 1.807) is 17.3 Å². The van der Waals surface area contributed by atoms with E-state index in [-0.39, 0.29) is 23.6 Å². The first-order chi connectivity index (χ1) is 17.2. The Balaban J connectivity index is 1.03. The largest absolute Gasteiger partial charge is 0.420 e. The zero-order valence-electron chi connectivity index (χ0n) is 19.1. The first kappa shape index (κ1) is 20.4. The molecule has 1 aromatic carbocycles. The highest BCUT2D eigenvalue weighted by atomic mass is 16.4. The number of aromatic nitrogens is 7. The van der Waals surface area contributed by atoms with Crippen molar-refractivity contribution in [3.05, 3.63) is 70.9 Å². The predicted octanol–water partition coefficient (Wildman–Crippen LogP) is 2.22. The minimum absolute atomic E-state index is 0.0461. The van der Waals surface area contributed by atoms with E-state index in [0.29, 0.717) is 36.9 Å². The second-order valence-corrected chi connectivity index (χ2v) is 9.81. The van der Waals surface area contributed by atoms with Gasteiger partial charge in [0.25, 0.3) is 5.89 Å². The number of rotatable bonds is 5. The minimum atomic E-state index is -0.0753. The van der Waals surface area contributed by atoms with E-state index >= 15 is 0 Å². The molecule has 0 bridgehead atoms. The van der Waals surface area contributed by atoms with Crippen LogP contribution in [0.4, 0.5) is 0 Å². The molecule has 10 heteroatoms. The second kappa shape index (κ2) is 7.79. The van der Waals surface area contributed by atoms with E-state index < -0.39 is 0 Å². The zero-order valence-corrected chi connectivity index (χ0v) is 19.1. The van der Waals surface area contributed by atoms with E-state index in [4.69, 9.17) is 14.4 Å². The minimum Gasteiger partial charge on any atom is -0.420 e. The van der Waals surface area contributed by atoms with Gasteiger partial charge in [0.05, 0.1) is 17.8 Å². The third kappa shape index (κ3) is 3.51. The Morgan fingerprint density at radius 2 is 1.86 bits per heavy atom. The van der Waals surface area contributed by atoms with Crippen LogP contribution in [0, 0.1) is 5.92 Å². The maximum absolute atomic E-state index is 12.7. The van der Waals surface area contributed by atoms with Crippen LogP contribution < -0.4 is 0 Å². The van der Waals surface area contributed by atoms with Crippen molar-refractivity contribution in [3.8, 4) is 11.5 Å². The lowest BCUT2D eigenvalue weighted by molar-refractivity contribution is -0.131. The molecular formula is C25H24N8O2. The predicted molar refractivity (Wildman–Crippen MR) is 123 cm³/mol. The number of hydrogen-bond donors (Lipinski definition) is 1. The number of carbonyl (C=O) groups is 1. The van der Waals surface area contributed by atoms with Gasteiger partial charge in [-0.05, 0) is 42.7 Å². The Labute approximate surface area is 201 Å². The molecule has 7 rings (SSSR count). The van der Waals surface area contributed by atoms with Crippen LogP contribution in [0.5, 0.6) is 0 Å². The third-order valence-corrected chi connectivity index (χ3v) is 7.76. The van der Waals surface area contributed by atoms with Gasteiger partial charge in [0.2, 0.25) is 11.8 Å². The van der Waals surface area contributed by atoms with Gasteiger partial charge in [-0.25, -0.2) is 9.97 Å². The summed E-state index contributed by atoms with van der Waals surface area (Å²) in [5, 5.41) is 18.9. The highest BCUT2D eigenvalue weighted by Crippen LogP contribution is 2.56. The lowest BCUT2D eigenvalue weighted by atomic mass is 9.85. The van der Waals surface area contributed by atoms with Crippen LogP contribution in [-0.4, -0.2) is 52.9 Å². The molecule has 0 unspecified atom stereocenters. The molecule has 0 radical (unpaired) electrons. The maximum atomic E-state index is 12.7. The number of carbonyl (C=O) groups excluding carboxylic acids is 1. The van der Waals surface area contributed by atoms with E-state index in [1.165, 1.54) is 11.1 Å². The maximum Gasteiger partial charge on any atom is 0.250 e. The van der Waals surface area contributed by atoms with Crippen LogP contribution in [0.3, 0.4) is 0 Å². The molecule has 1 fully saturated rings. The standard InChI is InChI=1S/C25H24N8O2/c34-22(33-8-5-19-20(14-33)29-32-28-19)11-21-30-31-23(35-21)17-12-26-24(27-13-17)25(6-7-25)18-9-15-3-1-2-4-16(15)10-18/h1-4,12-13,18H,5-11,14H2,(H,28,29,32). The summed E-state index contributed by atoms with van der Waals surface area (Å²) in [5.41, 5.74) is 5.45. The fraction of sp³-hybridized carbons (Fsp3) is 0.400. The topological polar surface area (TPSA) is 127 Å². The molecule has 0 saturated heterocycles. The number of fused-ring (bicyclic) bond motifs is 2. The van der Waals surface area contributed by atoms with Gasteiger partial charge in [0.1, 0.15) is 17.9 Å². The van der Waals surface area contributed by atoms with Gasteiger partial charge >= 0.3 is 0 Å². The average Bonchev–Trinajstić information content (AvgIpc) is 3.23.